The first-order valence-corrected chi connectivity index (χ1v) is 45.3. The molecular formula is C81H96Cl2N13O29PS6. The standard InChI is InChI=1S/C14H14N2O4S.2C13H13N3O4S.C13H12N2O4S.C8H7NS.C6H7NO3.C5H9NO2.C5H11O5P.C3H6O.CH4.Cl2O2S/c1-20-12(17)8-5-9-16-13(18)15(14(19)21-16)10-11-6-3-2-4-7-11;2*17-11(14-20)7-4-8-16-12(18)15(13(19)21-16)9-10-5-2-1-3-6-10;16-11(17)7-4-8-15-12(18)14(13(19)20-15)9-10-5-2-1-3-6-10;10-7-9-6-8-4-2-1-3-5-8;1-9-6(8)3-2-4-10-5-7;1-8-5(7)3-2-4-6;1-8-11(7,9-2)4-3-10-5-6;1-2-3-4;;1-5(2,3)4/h2-8H,9-10H2,1H3;2*1-7,20H,8-9H2,(H,14,17);1-7H,8-9H2,(H,16,17);1-5H,6H2;2-3H,4H2,1H3;2-3H,4,6H2,1H3;5H,3-4H2,1-2H3;3H,2H2,1H3;1H4;/b8-5+;3*7-4+;;2*3-2+;;;;. The molecule has 0 bridgehead atoms. The number of hydrogen-bond acceptors (Lipinski definition) is 36. The van der Waals surface area contributed by atoms with Gasteiger partial charge >= 0.3 is 82.0 Å². The summed E-state index contributed by atoms with van der Waals surface area (Å²) < 4.78 is 69.8. The Morgan fingerprint density at radius 1 is 0.508 bits per heavy atom. The number of aldehydes is 1. The number of isothiocyanates is 1. The molecule has 51 heteroatoms. The molecule has 0 fully saturated rings. The molecule has 0 aliphatic carbocycles. The van der Waals surface area contributed by atoms with E-state index in [0.717, 1.165) is 107 Å². The quantitative estimate of drug-likeness (QED) is 0.00198. The smallest absolute Gasteiger partial charge is 0.341 e. The van der Waals surface area contributed by atoms with Gasteiger partial charge in [0.2, 0.25) is 0 Å². The third-order valence-corrected chi connectivity index (χ3v) is 20.0. The Morgan fingerprint density at radius 3 is 1.04 bits per heavy atom. The molecule has 5 aromatic carbocycles. The molecule has 0 saturated heterocycles. The van der Waals surface area contributed by atoms with Crippen LogP contribution in [0.5, 0.6) is 0 Å². The number of carbonyl (C=O) groups is 8. The summed E-state index contributed by atoms with van der Waals surface area (Å²) in [6, 6.07) is 46.8. The minimum Gasteiger partial charge on any atom is -0.478 e. The number of allylic oxidation sites excluding steroid dienone is 4. The van der Waals surface area contributed by atoms with E-state index in [9.17, 15) is 81.3 Å². The molecule has 0 spiro atoms. The van der Waals surface area contributed by atoms with E-state index in [1.165, 1.54) is 133 Å². The van der Waals surface area contributed by atoms with Crippen LogP contribution in [0.1, 0.15) is 48.6 Å². The van der Waals surface area contributed by atoms with Crippen molar-refractivity contribution < 1.29 is 99.6 Å². The molecule has 4 aromatic heterocycles. The van der Waals surface area contributed by atoms with E-state index < -0.39 is 62.7 Å². The highest BCUT2D eigenvalue weighted by atomic mass is 36.0. The first-order valence-electron chi connectivity index (χ1n) is 36.9. The van der Waals surface area contributed by atoms with Crippen LogP contribution in [-0.4, -0.2) is 173 Å². The number of nitrogens with two attached hydrogens (primary N) is 1. The highest BCUT2D eigenvalue weighted by Crippen LogP contribution is 2.45. The van der Waals surface area contributed by atoms with Crippen molar-refractivity contribution in [2.75, 3.05) is 61.5 Å². The molecule has 0 atom stereocenters. The number of aliphatic carboxylic acids is 1. The first kappa shape index (κ1) is 121. The van der Waals surface area contributed by atoms with Gasteiger partial charge in [-0.2, -0.15) is 13.7 Å². The van der Waals surface area contributed by atoms with Gasteiger partial charge in [0, 0.05) is 131 Å². The van der Waals surface area contributed by atoms with E-state index in [2.05, 4.69) is 76.5 Å². The fourth-order valence-corrected chi connectivity index (χ4v) is 12.5. The van der Waals surface area contributed by atoms with E-state index >= 15 is 0 Å². The van der Waals surface area contributed by atoms with Crippen LogP contribution in [0.4, 0.5) is 0 Å². The number of esters is 3. The fourth-order valence-electron chi connectivity index (χ4n) is 8.49. The van der Waals surface area contributed by atoms with Crippen LogP contribution in [0, 0.1) is 11.5 Å². The second-order valence-electron chi connectivity index (χ2n) is 23.5. The lowest BCUT2D eigenvalue weighted by atomic mass is 10.2. The number of methoxy groups -OCH3 is 3. The Morgan fingerprint density at radius 2 is 0.788 bits per heavy atom. The predicted octanol–water partition coefficient (Wildman–Crippen LogP) is 6.73. The maximum Gasteiger partial charge on any atom is 0.341 e. The van der Waals surface area contributed by atoms with Gasteiger partial charge in [0.25, 0.3) is 24.5 Å². The van der Waals surface area contributed by atoms with Crippen LogP contribution in [0.2, 0.25) is 0 Å². The van der Waals surface area contributed by atoms with Gasteiger partial charge in [-0.1, -0.05) is 196 Å². The molecule has 4 heterocycles. The van der Waals surface area contributed by atoms with Crippen LogP contribution in [-0.2, 0) is 143 Å². The number of halogens is 2. The fraction of sp³-hybridized carbons (Fsp3) is 0.259. The Labute approximate surface area is 785 Å². The van der Waals surface area contributed by atoms with Crippen molar-refractivity contribution >= 4 is 149 Å². The summed E-state index contributed by atoms with van der Waals surface area (Å²) in [5.74, 6) is -3.80. The van der Waals surface area contributed by atoms with Crippen LogP contribution in [0.3, 0.4) is 0 Å². The summed E-state index contributed by atoms with van der Waals surface area (Å²) in [4.78, 5) is 180. The lowest BCUT2D eigenvalue weighted by Crippen LogP contribution is -2.29. The molecule has 714 valence electrons. The van der Waals surface area contributed by atoms with Gasteiger partial charge < -0.3 is 48.4 Å². The van der Waals surface area contributed by atoms with Gasteiger partial charge in [0.05, 0.1) is 91.6 Å². The van der Waals surface area contributed by atoms with Crippen LogP contribution in [0.15, 0.2) is 268 Å². The van der Waals surface area contributed by atoms with Crippen molar-refractivity contribution in [1.82, 2.24) is 45.1 Å². The second kappa shape index (κ2) is 72.6. The Bertz CT molecular complexity index is 5620. The van der Waals surface area contributed by atoms with Crippen LogP contribution < -0.4 is 58.9 Å². The molecule has 2 amide bonds. The molecule has 0 aliphatic heterocycles. The summed E-state index contributed by atoms with van der Waals surface area (Å²) in [5, 5.41) is 35.3. The number of hydrogen-bond donors (Lipinski definition) is 6. The summed E-state index contributed by atoms with van der Waals surface area (Å²) in [6.07, 6.45) is 18.4. The Kier molecular flexibility index (Phi) is 66.4. The zero-order valence-electron chi connectivity index (χ0n) is 70.6. The number of hydroxylamine groups is 2. The topological polar surface area (TPSA) is 575 Å². The average Bonchev–Trinajstić information content (AvgIpc) is 1.70. The number of carboxylic acid groups (broad SMARTS) is 1. The highest BCUT2D eigenvalue weighted by molar-refractivity contribution is 8.31. The maximum absolute atomic E-state index is 12.1. The van der Waals surface area contributed by atoms with Crippen molar-refractivity contribution in [3.8, 4) is 6.26 Å². The summed E-state index contributed by atoms with van der Waals surface area (Å²) in [5.41, 5.74) is 10.9. The molecule has 0 aliphatic rings. The number of nitrogens with zero attached hydrogens (tertiary/aromatic N) is 10. The lowest BCUT2D eigenvalue weighted by Gasteiger charge is -2.11. The number of nitrogens with one attached hydrogen (secondary N) is 2. The monoisotopic (exact) mass is 2010 g/mol. The van der Waals surface area contributed by atoms with Crippen molar-refractivity contribution in [3.63, 3.8) is 0 Å². The number of aliphatic imine (C=N–C) groups is 1. The third kappa shape index (κ3) is 55.6. The minimum absolute atomic E-state index is 0. The summed E-state index contributed by atoms with van der Waals surface area (Å²) >= 11 is 7.61. The Hall–Kier alpha value is -13.2. The molecule has 9 rings (SSSR count). The van der Waals surface area contributed by atoms with E-state index in [0.29, 0.717) is 19.5 Å². The maximum atomic E-state index is 12.1. The first-order chi connectivity index (χ1) is 62.6. The van der Waals surface area contributed by atoms with Crippen molar-refractivity contribution in [3.05, 3.63) is 333 Å². The van der Waals surface area contributed by atoms with Gasteiger partial charge in [-0.15, -0.1) is 0 Å². The molecule has 0 saturated carbocycles. The van der Waals surface area contributed by atoms with Gasteiger partial charge in [0.1, 0.15) is 19.5 Å². The van der Waals surface area contributed by atoms with Gasteiger partial charge in [0.15, 0.2) is 0 Å². The molecule has 42 nitrogen and oxygen atoms in total. The van der Waals surface area contributed by atoms with Gasteiger partial charge in [-0.25, -0.2) is 88.4 Å². The van der Waals surface area contributed by atoms with Crippen molar-refractivity contribution in [2.45, 2.75) is 79.7 Å². The zero-order valence-corrected chi connectivity index (χ0v) is 77.9. The van der Waals surface area contributed by atoms with Crippen molar-refractivity contribution in [2.24, 2.45) is 10.7 Å². The largest absolute Gasteiger partial charge is 0.478 e. The number of carboxylic acids is 1. The summed E-state index contributed by atoms with van der Waals surface area (Å²) in [6.45, 7) is 4.56. The molecule has 7 N–H and O–H groups in total. The zero-order chi connectivity index (χ0) is 98.4. The number of rotatable bonds is 34. The predicted molar refractivity (Wildman–Crippen MR) is 500 cm³/mol. The lowest BCUT2D eigenvalue weighted by molar-refractivity contribution is -0.135. The van der Waals surface area contributed by atoms with E-state index in [1.54, 1.807) is 0 Å². The van der Waals surface area contributed by atoms with Gasteiger partial charge in [-0.3, -0.25) is 48.5 Å². The molecular weight excluding hydrogens is 1910 g/mol. The highest BCUT2D eigenvalue weighted by Gasteiger charge is 2.21. The number of carbonyl (C=O) groups excluding carboxylic acids is 7. The molecule has 132 heavy (non-hydrogen) atoms. The normalized spacial score (nSPS) is 10.3. The molecule has 0 radical (unpaired) electrons. The number of thiocarbonyl (C=S) groups is 1. The minimum atomic E-state index is -3.72. The Balaban J connectivity index is 0. The number of benzene rings is 5. The average molecular weight is 2010 g/mol. The van der Waals surface area contributed by atoms with E-state index in [1.807, 2.05) is 159 Å². The SMILES string of the molecule is C.CCC=O.COC(=O)/C=C/CN.COC(=O)/C=C/COC#N.COC(=O)/C=C/Cn1sc(=O)n(Cc2ccccc2)c1=O.COP(=O)(CCOC=O)OC.O=C(/C=C/Cn1sc(=O)n(Cc2ccccc2)c1=O)NO.O=C(/C=C/Cn1sc(=O)n(Cc2ccccc2)c1=O)NO.O=C(O)/C=C/Cn1sc(=O)n(Cc2ccccc2)c1=O.O=S(=O)(Cl)Cl.S=C=NCc1ccccc1. The number of amides is 2. The third-order valence-electron chi connectivity index (χ3n) is 14.4. The van der Waals surface area contributed by atoms with Crippen LogP contribution >= 0.6 is 87.3 Å². The number of aromatic nitrogens is 8. The van der Waals surface area contributed by atoms with Crippen LogP contribution in [0.25, 0.3) is 0 Å². The second-order valence-corrected chi connectivity index (χ2v) is 33.7. The number of nitriles is 1. The van der Waals surface area contributed by atoms with Gasteiger partial charge in [-0.05, 0) is 46.1 Å². The molecule has 9 aromatic rings. The molecule has 0 unspecified atom stereocenters. The van der Waals surface area contributed by atoms with E-state index in [-0.39, 0.29) is 117 Å². The van der Waals surface area contributed by atoms with Crippen molar-refractivity contribution in [1.29, 1.82) is 5.26 Å². The summed E-state index contributed by atoms with van der Waals surface area (Å²) in [7, 11) is 8.25. The number of ether oxygens (including phenoxy) is 5. The van der Waals surface area contributed by atoms with E-state index in [4.69, 9.17) is 34.9 Å².